The summed E-state index contributed by atoms with van der Waals surface area (Å²) >= 11 is 2.27. The zero-order valence-corrected chi connectivity index (χ0v) is 11.3. The summed E-state index contributed by atoms with van der Waals surface area (Å²) in [5, 5.41) is 0. The molecular formula is C14H22O2S. The van der Waals surface area contributed by atoms with Crippen LogP contribution in [0.2, 0.25) is 0 Å². The Hall–Kier alpha value is 0.270. The lowest BCUT2D eigenvalue weighted by Gasteiger charge is -2.30. The average Bonchev–Trinajstić information content (AvgIpc) is 3.15. The van der Waals surface area contributed by atoms with Gasteiger partial charge >= 0.3 is 0 Å². The third kappa shape index (κ3) is 1.85. The third-order valence-electron chi connectivity index (χ3n) is 4.93. The van der Waals surface area contributed by atoms with Gasteiger partial charge < -0.3 is 9.47 Å². The molecule has 3 heteroatoms. The molecule has 0 spiro atoms. The maximum Gasteiger partial charge on any atom is 0.0722 e. The van der Waals surface area contributed by atoms with E-state index in [2.05, 4.69) is 11.8 Å². The van der Waals surface area contributed by atoms with Crippen molar-refractivity contribution >= 4 is 11.8 Å². The van der Waals surface area contributed by atoms with Crippen LogP contribution in [0.1, 0.15) is 51.4 Å². The smallest absolute Gasteiger partial charge is 0.0722 e. The van der Waals surface area contributed by atoms with Crippen LogP contribution in [0.15, 0.2) is 0 Å². The van der Waals surface area contributed by atoms with E-state index < -0.39 is 0 Å². The molecule has 17 heavy (non-hydrogen) atoms. The molecule has 2 aliphatic carbocycles. The van der Waals surface area contributed by atoms with Crippen molar-refractivity contribution < 1.29 is 9.47 Å². The topological polar surface area (TPSA) is 18.5 Å². The van der Waals surface area contributed by atoms with Gasteiger partial charge in [0.2, 0.25) is 0 Å². The van der Waals surface area contributed by atoms with Crippen LogP contribution in [0.5, 0.6) is 0 Å². The van der Waals surface area contributed by atoms with Gasteiger partial charge in [-0.2, -0.15) is 0 Å². The number of thioether (sulfide) groups is 1. The summed E-state index contributed by atoms with van der Waals surface area (Å²) in [4.78, 5) is 0. The normalized spacial score (nSPS) is 41.6. The Kier molecular flexibility index (Phi) is 2.54. The van der Waals surface area contributed by atoms with Gasteiger partial charge in [-0.1, -0.05) is 0 Å². The monoisotopic (exact) mass is 254 g/mol. The van der Waals surface area contributed by atoms with Gasteiger partial charge in [-0.05, 0) is 51.4 Å². The molecule has 2 unspecified atom stereocenters. The molecule has 0 bridgehead atoms. The fraction of sp³-hybridized carbons (Fsp3) is 1.00. The van der Waals surface area contributed by atoms with Crippen molar-refractivity contribution in [3.8, 4) is 0 Å². The zero-order chi connectivity index (χ0) is 11.3. The first-order valence-electron chi connectivity index (χ1n) is 7.27. The van der Waals surface area contributed by atoms with E-state index in [9.17, 15) is 0 Å². The van der Waals surface area contributed by atoms with Gasteiger partial charge in [-0.3, -0.25) is 0 Å². The van der Waals surface area contributed by atoms with Crippen molar-refractivity contribution in [3.05, 3.63) is 0 Å². The van der Waals surface area contributed by atoms with E-state index in [1.807, 2.05) is 0 Å². The van der Waals surface area contributed by atoms with Gasteiger partial charge in [0.05, 0.1) is 12.2 Å². The SMILES string of the molecule is C1COC(C2(SC3(C4CCCO4)CC3)CC2)C1. The van der Waals surface area contributed by atoms with Crippen LogP contribution in [0.3, 0.4) is 0 Å². The molecule has 0 aromatic heterocycles. The predicted octanol–water partition coefficient (Wildman–Crippen LogP) is 3.14. The second kappa shape index (κ2) is 3.88. The summed E-state index contributed by atoms with van der Waals surface area (Å²) in [7, 11) is 0. The van der Waals surface area contributed by atoms with Crippen molar-refractivity contribution in [2.45, 2.75) is 73.1 Å². The van der Waals surface area contributed by atoms with Crippen molar-refractivity contribution in [2.24, 2.45) is 0 Å². The summed E-state index contributed by atoms with van der Waals surface area (Å²) in [5.41, 5.74) is 0. The van der Waals surface area contributed by atoms with Crippen molar-refractivity contribution in [2.75, 3.05) is 13.2 Å². The summed E-state index contributed by atoms with van der Waals surface area (Å²) in [6, 6.07) is 0. The van der Waals surface area contributed by atoms with Gasteiger partial charge in [0.15, 0.2) is 0 Å². The summed E-state index contributed by atoms with van der Waals surface area (Å²) in [6.07, 6.45) is 11.8. The Bertz CT molecular complexity index is 267. The van der Waals surface area contributed by atoms with Crippen molar-refractivity contribution in [3.63, 3.8) is 0 Å². The van der Waals surface area contributed by atoms with Gasteiger partial charge in [-0.15, -0.1) is 11.8 Å². The number of hydrogen-bond acceptors (Lipinski definition) is 3. The Morgan fingerprint density at radius 2 is 1.24 bits per heavy atom. The Morgan fingerprint density at radius 3 is 1.53 bits per heavy atom. The fourth-order valence-corrected chi connectivity index (χ4v) is 5.67. The van der Waals surface area contributed by atoms with E-state index in [-0.39, 0.29) is 0 Å². The Morgan fingerprint density at radius 1 is 0.765 bits per heavy atom. The van der Waals surface area contributed by atoms with Crippen LogP contribution in [0.25, 0.3) is 0 Å². The van der Waals surface area contributed by atoms with E-state index in [0.29, 0.717) is 21.7 Å². The molecule has 2 atom stereocenters. The highest BCUT2D eigenvalue weighted by Crippen LogP contribution is 2.66. The standard InChI is InChI=1S/C14H22O2S/c1-3-11(15-9-1)13(5-6-13)17-14(7-8-14)12-4-2-10-16-12/h11-12H,1-10H2. The van der Waals surface area contributed by atoms with E-state index in [1.54, 1.807) is 0 Å². The van der Waals surface area contributed by atoms with Crippen LogP contribution in [-0.2, 0) is 9.47 Å². The lowest BCUT2D eigenvalue weighted by molar-refractivity contribution is 0.0963. The second-order valence-corrected chi connectivity index (χ2v) is 8.07. The van der Waals surface area contributed by atoms with E-state index in [0.717, 1.165) is 13.2 Å². The maximum absolute atomic E-state index is 5.95. The maximum atomic E-state index is 5.95. The average molecular weight is 254 g/mol. The summed E-state index contributed by atoms with van der Waals surface area (Å²) < 4.78 is 12.9. The van der Waals surface area contributed by atoms with E-state index >= 15 is 0 Å². The molecular weight excluding hydrogens is 232 g/mol. The highest BCUT2D eigenvalue weighted by molar-refractivity contribution is 8.02. The molecule has 2 heterocycles. The molecule has 2 saturated carbocycles. The van der Waals surface area contributed by atoms with Crippen LogP contribution >= 0.6 is 11.8 Å². The molecule has 4 rings (SSSR count). The molecule has 2 nitrogen and oxygen atoms in total. The van der Waals surface area contributed by atoms with Crippen LogP contribution in [-0.4, -0.2) is 34.9 Å². The first-order valence-corrected chi connectivity index (χ1v) is 8.08. The second-order valence-electron chi connectivity index (χ2n) is 6.23. The summed E-state index contributed by atoms with van der Waals surface area (Å²) in [6.45, 7) is 2.00. The molecule has 4 fully saturated rings. The quantitative estimate of drug-likeness (QED) is 0.768. The van der Waals surface area contributed by atoms with Crippen LogP contribution < -0.4 is 0 Å². The molecule has 0 radical (unpaired) electrons. The third-order valence-corrected chi connectivity index (χ3v) is 7.08. The van der Waals surface area contributed by atoms with Crippen LogP contribution in [0.4, 0.5) is 0 Å². The Balaban J connectivity index is 1.46. The van der Waals surface area contributed by atoms with Crippen LogP contribution in [0, 0.1) is 0 Å². The van der Waals surface area contributed by atoms with Gasteiger partial charge in [0.25, 0.3) is 0 Å². The molecule has 0 amide bonds. The number of ether oxygens (including phenoxy) is 2. The lowest BCUT2D eigenvalue weighted by Crippen LogP contribution is -2.33. The van der Waals surface area contributed by atoms with Crippen molar-refractivity contribution in [1.29, 1.82) is 0 Å². The molecule has 0 aromatic rings. The molecule has 2 aliphatic heterocycles. The molecule has 0 aromatic carbocycles. The Labute approximate surface area is 108 Å². The molecule has 96 valence electrons. The van der Waals surface area contributed by atoms with Gasteiger partial charge in [0.1, 0.15) is 0 Å². The van der Waals surface area contributed by atoms with Crippen molar-refractivity contribution in [1.82, 2.24) is 0 Å². The highest BCUT2D eigenvalue weighted by atomic mass is 32.2. The first-order chi connectivity index (χ1) is 8.33. The number of rotatable bonds is 4. The zero-order valence-electron chi connectivity index (χ0n) is 10.5. The van der Waals surface area contributed by atoms with Gasteiger partial charge in [0, 0.05) is 22.7 Å². The predicted molar refractivity (Wildman–Crippen MR) is 69.5 cm³/mol. The molecule has 2 saturated heterocycles. The van der Waals surface area contributed by atoms with E-state index in [1.165, 1.54) is 51.4 Å². The largest absolute Gasteiger partial charge is 0.377 e. The lowest BCUT2D eigenvalue weighted by atomic mass is 10.1. The first kappa shape index (κ1) is 11.1. The number of hydrogen-bond donors (Lipinski definition) is 0. The fourth-order valence-electron chi connectivity index (χ4n) is 3.62. The minimum absolute atomic E-state index is 0.499. The summed E-state index contributed by atoms with van der Waals surface area (Å²) in [5.74, 6) is 0. The molecule has 0 N–H and O–H groups in total. The minimum Gasteiger partial charge on any atom is -0.377 e. The highest BCUT2D eigenvalue weighted by Gasteiger charge is 2.62. The van der Waals surface area contributed by atoms with Gasteiger partial charge in [-0.25, -0.2) is 0 Å². The minimum atomic E-state index is 0.499. The molecule has 4 aliphatic rings. The van der Waals surface area contributed by atoms with E-state index in [4.69, 9.17) is 9.47 Å².